The highest BCUT2D eigenvalue weighted by atomic mass is 28.4. The van der Waals surface area contributed by atoms with Gasteiger partial charge in [0.05, 0.1) is 25.1 Å². The number of nitrogens with zero attached hydrogens (tertiary/aromatic N) is 1. The molecule has 2 aliphatic rings. The van der Waals surface area contributed by atoms with Crippen molar-refractivity contribution in [3.05, 3.63) is 23.1 Å². The monoisotopic (exact) mass is 325 g/mol. The van der Waals surface area contributed by atoms with Gasteiger partial charge in [0.25, 0.3) is 11.7 Å². The summed E-state index contributed by atoms with van der Waals surface area (Å²) in [5.41, 5.74) is -0.0325. The van der Waals surface area contributed by atoms with E-state index in [0.717, 1.165) is 7.11 Å². The molecule has 2 rings (SSSR count). The van der Waals surface area contributed by atoms with Crippen LogP contribution in [0.3, 0.4) is 0 Å². The van der Waals surface area contributed by atoms with Crippen molar-refractivity contribution < 1.29 is 28.3 Å². The molecule has 2 heterocycles. The number of carbonyl (C=O) groups excluding carboxylic acids is 3. The number of carbonyl (C=O) groups is 3. The standard InChI is InChI=1S/C14H19NO6Si/c1-19-9-6-8(21-22(3,4)5)7-15-11(9)10(14(18)20-2)12(16)13(15)17/h6,9H,7H2,1-5H3. The third kappa shape index (κ3) is 2.84. The number of hydrogen-bond acceptors (Lipinski definition) is 6. The number of hydrogen-bond donors (Lipinski definition) is 0. The first-order valence-corrected chi connectivity index (χ1v) is 10.2. The van der Waals surface area contributed by atoms with Gasteiger partial charge in [-0.1, -0.05) is 0 Å². The summed E-state index contributed by atoms with van der Waals surface area (Å²) >= 11 is 0. The second kappa shape index (κ2) is 5.69. The number of Topliss-reactive ketones (excluding diaryl/α,β-unsaturated/α-hetero) is 1. The van der Waals surface area contributed by atoms with Crippen LogP contribution in [0.5, 0.6) is 0 Å². The summed E-state index contributed by atoms with van der Waals surface area (Å²) in [5.74, 6) is -1.89. The molecule has 8 heteroatoms. The zero-order valence-corrected chi connectivity index (χ0v) is 14.3. The average Bonchev–Trinajstić information content (AvgIpc) is 2.68. The second-order valence-corrected chi connectivity index (χ2v) is 10.4. The van der Waals surface area contributed by atoms with E-state index in [0.29, 0.717) is 5.76 Å². The van der Waals surface area contributed by atoms with Crippen LogP contribution in [0.25, 0.3) is 0 Å². The normalized spacial score (nSPS) is 21.8. The molecule has 0 aromatic carbocycles. The van der Waals surface area contributed by atoms with E-state index in [1.807, 2.05) is 19.6 Å². The summed E-state index contributed by atoms with van der Waals surface area (Å²) in [5, 5.41) is 0. The lowest BCUT2D eigenvalue weighted by Gasteiger charge is -2.33. The van der Waals surface area contributed by atoms with E-state index in [2.05, 4.69) is 4.74 Å². The Kier molecular flexibility index (Phi) is 4.25. The molecule has 0 aliphatic carbocycles. The van der Waals surface area contributed by atoms with Crippen LogP contribution in [0, 0.1) is 0 Å². The fraction of sp³-hybridized carbons (Fsp3) is 0.500. The molecular weight excluding hydrogens is 306 g/mol. The molecule has 0 saturated heterocycles. The van der Waals surface area contributed by atoms with E-state index < -0.39 is 32.1 Å². The van der Waals surface area contributed by atoms with Gasteiger partial charge in [0.15, 0.2) is 0 Å². The molecule has 0 fully saturated rings. The Morgan fingerprint density at radius 2 is 1.91 bits per heavy atom. The first-order valence-electron chi connectivity index (χ1n) is 6.80. The Morgan fingerprint density at radius 1 is 1.27 bits per heavy atom. The number of methoxy groups -OCH3 is 2. The van der Waals surface area contributed by atoms with Crippen LogP contribution in [-0.2, 0) is 28.3 Å². The molecule has 0 spiro atoms. The minimum absolute atomic E-state index is 0.116. The van der Waals surface area contributed by atoms with Crippen molar-refractivity contribution in [1.82, 2.24) is 4.90 Å². The fourth-order valence-corrected chi connectivity index (χ4v) is 3.36. The largest absolute Gasteiger partial charge is 0.546 e. The van der Waals surface area contributed by atoms with E-state index in [4.69, 9.17) is 9.16 Å². The summed E-state index contributed by atoms with van der Waals surface area (Å²) in [6.45, 7) is 6.15. The first kappa shape index (κ1) is 16.4. The molecule has 0 saturated carbocycles. The number of ketones is 1. The summed E-state index contributed by atoms with van der Waals surface area (Å²) < 4.78 is 15.8. The predicted octanol–water partition coefficient (Wildman–Crippen LogP) is 0.589. The van der Waals surface area contributed by atoms with Gasteiger partial charge in [0.2, 0.25) is 8.32 Å². The molecule has 2 aliphatic heterocycles. The van der Waals surface area contributed by atoms with E-state index in [9.17, 15) is 14.4 Å². The number of ether oxygens (including phenoxy) is 2. The minimum atomic E-state index is -1.87. The van der Waals surface area contributed by atoms with E-state index in [1.54, 1.807) is 6.08 Å². The lowest BCUT2D eigenvalue weighted by molar-refractivity contribution is -0.142. The third-order valence-electron chi connectivity index (χ3n) is 3.21. The zero-order chi connectivity index (χ0) is 16.7. The molecule has 1 unspecified atom stereocenters. The van der Waals surface area contributed by atoms with Crippen LogP contribution < -0.4 is 0 Å². The van der Waals surface area contributed by atoms with Gasteiger partial charge in [-0.3, -0.25) is 14.5 Å². The topological polar surface area (TPSA) is 82.1 Å². The number of amides is 1. The fourth-order valence-electron chi connectivity index (χ4n) is 2.44. The lowest BCUT2D eigenvalue weighted by atomic mass is 10.1. The second-order valence-electron chi connectivity index (χ2n) is 5.98. The van der Waals surface area contributed by atoms with Crippen molar-refractivity contribution in [1.29, 1.82) is 0 Å². The molecule has 0 bridgehead atoms. The summed E-state index contributed by atoms with van der Waals surface area (Å²) in [6, 6.07) is 0. The Morgan fingerprint density at radius 3 is 2.41 bits per heavy atom. The van der Waals surface area contributed by atoms with Gasteiger partial charge >= 0.3 is 5.97 Å². The lowest BCUT2D eigenvalue weighted by Crippen LogP contribution is -2.40. The SMILES string of the molecule is COC(=O)C1=C2C(OC)C=C(O[Si](C)(C)C)CN2C(=O)C1=O. The number of rotatable bonds is 4. The highest BCUT2D eigenvalue weighted by Crippen LogP contribution is 2.33. The van der Waals surface area contributed by atoms with Crippen molar-refractivity contribution in [2.45, 2.75) is 25.7 Å². The highest BCUT2D eigenvalue weighted by Gasteiger charge is 2.47. The Balaban J connectivity index is 2.47. The van der Waals surface area contributed by atoms with Crippen molar-refractivity contribution in [3.8, 4) is 0 Å². The van der Waals surface area contributed by atoms with Crippen molar-refractivity contribution in [2.75, 3.05) is 20.8 Å². The van der Waals surface area contributed by atoms with Crippen LogP contribution in [0.2, 0.25) is 19.6 Å². The molecular formula is C14H19NO6Si. The first-order chi connectivity index (χ1) is 10.2. The van der Waals surface area contributed by atoms with Gasteiger partial charge in [0.1, 0.15) is 11.7 Å². The average molecular weight is 325 g/mol. The maximum absolute atomic E-state index is 12.1. The Bertz CT molecular complexity index is 601. The molecule has 0 aromatic heterocycles. The van der Waals surface area contributed by atoms with Crippen molar-refractivity contribution in [2.24, 2.45) is 0 Å². The number of fused-ring (bicyclic) bond motifs is 1. The maximum atomic E-state index is 12.1. The van der Waals surface area contributed by atoms with Gasteiger partial charge in [-0.2, -0.15) is 0 Å². The molecule has 120 valence electrons. The third-order valence-corrected chi connectivity index (χ3v) is 4.09. The Hall–Kier alpha value is -1.93. The molecule has 1 amide bonds. The van der Waals surface area contributed by atoms with Crippen LogP contribution in [0.4, 0.5) is 0 Å². The molecule has 0 N–H and O–H groups in total. The quantitative estimate of drug-likeness (QED) is 0.326. The Labute approximate surface area is 129 Å². The molecule has 1 atom stereocenters. The smallest absolute Gasteiger partial charge is 0.344 e. The predicted molar refractivity (Wildman–Crippen MR) is 79.1 cm³/mol. The summed E-state index contributed by atoms with van der Waals surface area (Å²) in [4.78, 5) is 37.3. The molecule has 7 nitrogen and oxygen atoms in total. The molecule has 0 aromatic rings. The van der Waals surface area contributed by atoms with E-state index in [1.165, 1.54) is 12.0 Å². The minimum Gasteiger partial charge on any atom is -0.546 e. The van der Waals surface area contributed by atoms with Crippen LogP contribution in [-0.4, -0.2) is 57.7 Å². The van der Waals surface area contributed by atoms with Crippen LogP contribution in [0.15, 0.2) is 23.1 Å². The number of esters is 1. The van der Waals surface area contributed by atoms with Gasteiger partial charge in [-0.25, -0.2) is 4.79 Å². The van der Waals surface area contributed by atoms with E-state index in [-0.39, 0.29) is 17.8 Å². The summed E-state index contributed by atoms with van der Waals surface area (Å²) in [6.07, 6.45) is 0.989. The van der Waals surface area contributed by atoms with Crippen molar-refractivity contribution in [3.63, 3.8) is 0 Å². The maximum Gasteiger partial charge on any atom is 0.344 e. The van der Waals surface area contributed by atoms with Gasteiger partial charge in [0, 0.05) is 7.11 Å². The van der Waals surface area contributed by atoms with Crippen LogP contribution >= 0.6 is 0 Å². The highest BCUT2D eigenvalue weighted by molar-refractivity contribution is 6.70. The van der Waals surface area contributed by atoms with Gasteiger partial charge in [-0.15, -0.1) is 0 Å². The zero-order valence-electron chi connectivity index (χ0n) is 13.3. The van der Waals surface area contributed by atoms with Crippen molar-refractivity contribution >= 4 is 26.0 Å². The van der Waals surface area contributed by atoms with E-state index >= 15 is 0 Å². The molecule has 0 radical (unpaired) electrons. The molecule has 22 heavy (non-hydrogen) atoms. The van der Waals surface area contributed by atoms with Gasteiger partial charge < -0.3 is 13.9 Å². The van der Waals surface area contributed by atoms with Crippen LogP contribution in [0.1, 0.15) is 0 Å². The van der Waals surface area contributed by atoms with Gasteiger partial charge in [-0.05, 0) is 25.7 Å². The summed E-state index contributed by atoms with van der Waals surface area (Å²) in [7, 11) is 0.730.